The molecule has 1 amide bonds. The monoisotopic (exact) mass is 229 g/mol. The fourth-order valence-electron chi connectivity index (χ4n) is 2.85. The highest BCUT2D eigenvalue weighted by Crippen LogP contribution is 2.44. The predicted octanol–water partition coefficient (Wildman–Crippen LogP) is 1.91. The van der Waals surface area contributed by atoms with Gasteiger partial charge < -0.3 is 4.90 Å². The zero-order valence-electron chi connectivity index (χ0n) is 9.69. The van der Waals surface area contributed by atoms with Crippen LogP contribution in [0.3, 0.4) is 0 Å². The minimum atomic E-state index is -0.438. The van der Waals surface area contributed by atoms with Crippen LogP contribution in [0.25, 0.3) is 0 Å². The Bertz CT molecular complexity index is 462. The number of likely N-dealkylation sites (tertiary alicyclic amines) is 1. The number of nitrogens with zero attached hydrogens (tertiary/aromatic N) is 1. The standard InChI is InChI=1S/C14H15NO2/c16-12-9-13(17)15(14(12)7-4-8-14)10-11-5-2-1-3-6-11/h1-3,5-6H,4,7-10H2. The Hall–Kier alpha value is -1.64. The highest BCUT2D eigenvalue weighted by atomic mass is 16.2. The molecule has 0 unspecified atom stereocenters. The van der Waals surface area contributed by atoms with Gasteiger partial charge in [-0.1, -0.05) is 30.3 Å². The van der Waals surface area contributed by atoms with Crippen molar-refractivity contribution in [1.82, 2.24) is 4.90 Å². The van der Waals surface area contributed by atoms with Gasteiger partial charge in [0, 0.05) is 6.54 Å². The molecule has 1 aliphatic heterocycles. The van der Waals surface area contributed by atoms with E-state index in [4.69, 9.17) is 0 Å². The van der Waals surface area contributed by atoms with E-state index in [1.165, 1.54) is 0 Å². The lowest BCUT2D eigenvalue weighted by molar-refractivity contribution is -0.138. The molecule has 88 valence electrons. The number of hydrogen-bond acceptors (Lipinski definition) is 2. The number of hydrogen-bond donors (Lipinski definition) is 0. The highest BCUT2D eigenvalue weighted by molar-refractivity contribution is 6.10. The lowest BCUT2D eigenvalue weighted by atomic mass is 9.74. The maximum absolute atomic E-state index is 11.9. The molecule has 1 saturated heterocycles. The molecule has 3 rings (SSSR count). The molecule has 1 heterocycles. The van der Waals surface area contributed by atoms with E-state index in [2.05, 4.69) is 0 Å². The largest absolute Gasteiger partial charge is 0.325 e. The van der Waals surface area contributed by atoms with E-state index in [1.54, 1.807) is 4.90 Å². The van der Waals surface area contributed by atoms with Crippen molar-refractivity contribution in [1.29, 1.82) is 0 Å². The SMILES string of the molecule is O=C1CC(=O)C2(CCC2)N1Cc1ccccc1. The zero-order valence-corrected chi connectivity index (χ0v) is 9.69. The third kappa shape index (κ3) is 1.49. The van der Waals surface area contributed by atoms with Crippen molar-refractivity contribution in [2.75, 3.05) is 0 Å². The number of benzene rings is 1. The molecule has 0 aromatic heterocycles. The zero-order chi connectivity index (χ0) is 11.9. The Kier molecular flexibility index (Phi) is 2.28. The molecular formula is C14H15NO2. The molecule has 0 bridgehead atoms. The normalized spacial score (nSPS) is 22.0. The summed E-state index contributed by atoms with van der Waals surface area (Å²) in [6.45, 7) is 0.575. The summed E-state index contributed by atoms with van der Waals surface area (Å²) in [6.07, 6.45) is 2.87. The van der Waals surface area contributed by atoms with Crippen molar-refractivity contribution >= 4 is 11.7 Å². The maximum atomic E-state index is 11.9. The molecule has 0 atom stereocenters. The van der Waals surface area contributed by atoms with Crippen molar-refractivity contribution in [3.8, 4) is 0 Å². The van der Waals surface area contributed by atoms with Gasteiger partial charge in [-0.25, -0.2) is 0 Å². The number of amides is 1. The summed E-state index contributed by atoms with van der Waals surface area (Å²) in [4.78, 5) is 25.6. The van der Waals surface area contributed by atoms with Crippen LogP contribution in [0.15, 0.2) is 30.3 Å². The third-order valence-electron chi connectivity index (χ3n) is 4.01. The lowest BCUT2D eigenvalue weighted by Crippen LogP contribution is -2.54. The smallest absolute Gasteiger partial charge is 0.231 e. The van der Waals surface area contributed by atoms with E-state index in [0.717, 1.165) is 24.8 Å². The molecule has 1 aromatic carbocycles. The quantitative estimate of drug-likeness (QED) is 0.726. The molecule has 1 spiro atoms. The molecule has 2 fully saturated rings. The van der Waals surface area contributed by atoms with Crippen molar-refractivity contribution in [3.63, 3.8) is 0 Å². The maximum Gasteiger partial charge on any atom is 0.231 e. The molecule has 1 saturated carbocycles. The summed E-state index contributed by atoms with van der Waals surface area (Å²) in [5.74, 6) is 0.128. The summed E-state index contributed by atoms with van der Waals surface area (Å²) in [6, 6.07) is 9.89. The van der Waals surface area contributed by atoms with Gasteiger partial charge in [0.05, 0.1) is 6.42 Å². The van der Waals surface area contributed by atoms with Crippen LogP contribution >= 0.6 is 0 Å². The van der Waals surface area contributed by atoms with E-state index in [1.807, 2.05) is 30.3 Å². The van der Waals surface area contributed by atoms with Crippen LogP contribution in [-0.4, -0.2) is 22.1 Å². The minimum Gasteiger partial charge on any atom is -0.325 e. The first-order chi connectivity index (χ1) is 8.22. The van der Waals surface area contributed by atoms with Gasteiger partial charge in [0.2, 0.25) is 5.91 Å². The molecule has 1 aliphatic carbocycles. The first-order valence-electron chi connectivity index (χ1n) is 6.10. The minimum absolute atomic E-state index is 0.00134. The van der Waals surface area contributed by atoms with Gasteiger partial charge in [-0.2, -0.15) is 0 Å². The fourth-order valence-corrected chi connectivity index (χ4v) is 2.85. The Morgan fingerprint density at radius 2 is 1.82 bits per heavy atom. The van der Waals surface area contributed by atoms with Crippen LogP contribution in [0.2, 0.25) is 0 Å². The Labute approximate surface area is 100 Å². The fraction of sp³-hybridized carbons (Fsp3) is 0.429. The Balaban J connectivity index is 1.86. The summed E-state index contributed by atoms with van der Waals surface area (Å²) in [7, 11) is 0. The topological polar surface area (TPSA) is 37.4 Å². The van der Waals surface area contributed by atoms with Gasteiger partial charge in [-0.3, -0.25) is 9.59 Å². The first kappa shape index (κ1) is 10.5. The number of rotatable bonds is 2. The molecule has 2 aliphatic rings. The van der Waals surface area contributed by atoms with E-state index in [9.17, 15) is 9.59 Å². The second-order valence-corrected chi connectivity index (χ2v) is 4.95. The summed E-state index contributed by atoms with van der Waals surface area (Å²) in [5.41, 5.74) is 0.661. The van der Waals surface area contributed by atoms with Crippen LogP contribution < -0.4 is 0 Å². The van der Waals surface area contributed by atoms with E-state index < -0.39 is 5.54 Å². The molecule has 0 N–H and O–H groups in total. The van der Waals surface area contributed by atoms with Crippen LogP contribution in [-0.2, 0) is 16.1 Å². The molecule has 0 radical (unpaired) electrons. The van der Waals surface area contributed by atoms with Crippen molar-refractivity contribution in [3.05, 3.63) is 35.9 Å². The number of Topliss-reactive ketones (excluding diaryl/α,β-unsaturated/α-hetero) is 1. The van der Waals surface area contributed by atoms with Gasteiger partial charge in [0.25, 0.3) is 0 Å². The van der Waals surface area contributed by atoms with Crippen LogP contribution in [0.5, 0.6) is 0 Å². The van der Waals surface area contributed by atoms with Gasteiger partial charge in [-0.05, 0) is 24.8 Å². The average Bonchev–Trinajstić information content (AvgIpc) is 2.51. The number of carbonyl (C=O) groups is 2. The average molecular weight is 229 g/mol. The molecular weight excluding hydrogens is 214 g/mol. The van der Waals surface area contributed by atoms with Gasteiger partial charge in [0.1, 0.15) is 5.54 Å². The van der Waals surface area contributed by atoms with Gasteiger partial charge in [0.15, 0.2) is 5.78 Å². The van der Waals surface area contributed by atoms with Crippen LogP contribution in [0.1, 0.15) is 31.2 Å². The molecule has 3 nitrogen and oxygen atoms in total. The molecule has 1 aromatic rings. The van der Waals surface area contributed by atoms with Crippen molar-refractivity contribution < 1.29 is 9.59 Å². The summed E-state index contributed by atoms with van der Waals surface area (Å²) >= 11 is 0. The van der Waals surface area contributed by atoms with Crippen LogP contribution in [0, 0.1) is 0 Å². The highest BCUT2D eigenvalue weighted by Gasteiger charge is 2.55. The molecule has 17 heavy (non-hydrogen) atoms. The second-order valence-electron chi connectivity index (χ2n) is 4.95. The van der Waals surface area contributed by atoms with Gasteiger partial charge >= 0.3 is 0 Å². The predicted molar refractivity (Wildman–Crippen MR) is 63.2 cm³/mol. The Morgan fingerprint density at radius 3 is 2.41 bits per heavy atom. The van der Waals surface area contributed by atoms with Crippen molar-refractivity contribution in [2.45, 2.75) is 37.8 Å². The summed E-state index contributed by atoms with van der Waals surface area (Å²) in [5, 5.41) is 0. The van der Waals surface area contributed by atoms with E-state index >= 15 is 0 Å². The molecule has 3 heteroatoms. The second kappa shape index (κ2) is 3.69. The number of ketones is 1. The first-order valence-corrected chi connectivity index (χ1v) is 6.10. The van der Waals surface area contributed by atoms with Crippen molar-refractivity contribution in [2.24, 2.45) is 0 Å². The Morgan fingerprint density at radius 1 is 1.12 bits per heavy atom. The number of carbonyl (C=O) groups excluding carboxylic acids is 2. The lowest BCUT2D eigenvalue weighted by Gasteiger charge is -2.44. The van der Waals surface area contributed by atoms with E-state index in [-0.39, 0.29) is 18.1 Å². The third-order valence-corrected chi connectivity index (χ3v) is 4.01. The van der Waals surface area contributed by atoms with E-state index in [0.29, 0.717) is 6.54 Å². The van der Waals surface area contributed by atoms with Crippen LogP contribution in [0.4, 0.5) is 0 Å². The van der Waals surface area contributed by atoms with Gasteiger partial charge in [-0.15, -0.1) is 0 Å². The summed E-state index contributed by atoms with van der Waals surface area (Å²) < 4.78 is 0.